The monoisotopic (exact) mass is 312 g/mol. The fourth-order valence-electron chi connectivity index (χ4n) is 2.41. The van der Waals surface area contributed by atoms with E-state index in [0.29, 0.717) is 13.0 Å². The molecule has 2 rings (SSSR count). The Bertz CT molecular complexity index is 435. The van der Waals surface area contributed by atoms with E-state index in [4.69, 9.17) is 0 Å². The number of piperidine rings is 1. The second-order valence-corrected chi connectivity index (χ2v) is 5.78. The molecule has 0 spiro atoms. The van der Waals surface area contributed by atoms with Crippen molar-refractivity contribution in [1.29, 1.82) is 0 Å². The summed E-state index contributed by atoms with van der Waals surface area (Å²) in [6, 6.07) is 7.60. The van der Waals surface area contributed by atoms with Crippen molar-refractivity contribution >= 4 is 27.6 Å². The van der Waals surface area contributed by atoms with Gasteiger partial charge >= 0.3 is 5.97 Å². The van der Waals surface area contributed by atoms with Crippen LogP contribution in [0.4, 0.5) is 5.69 Å². The number of anilines is 1. The molecule has 0 aliphatic carbocycles. The number of halogens is 1. The van der Waals surface area contributed by atoms with Gasteiger partial charge in [-0.05, 0) is 50.7 Å². The van der Waals surface area contributed by atoms with Crippen molar-refractivity contribution in [2.24, 2.45) is 0 Å². The van der Waals surface area contributed by atoms with Crippen LogP contribution < -0.4 is 5.32 Å². The molecule has 0 radical (unpaired) electrons. The third kappa shape index (κ3) is 2.84. The lowest BCUT2D eigenvalue weighted by Gasteiger charge is -2.39. The number of hydrogen-bond donors (Lipinski definition) is 2. The molecule has 0 aromatic heterocycles. The van der Waals surface area contributed by atoms with Gasteiger partial charge in [-0.3, -0.25) is 0 Å². The smallest absolute Gasteiger partial charge is 0.330 e. The standard InChI is InChI=1S/C13H17BrN2O2/c1-16-8-2-7-13(9-16,12(17)18)15-11-5-3-10(14)4-6-11/h3-6,15H,2,7-9H2,1H3,(H,17,18). The molecule has 18 heavy (non-hydrogen) atoms. The maximum atomic E-state index is 11.6. The zero-order valence-electron chi connectivity index (χ0n) is 10.3. The van der Waals surface area contributed by atoms with Crippen LogP contribution in [0.5, 0.6) is 0 Å². The summed E-state index contributed by atoms with van der Waals surface area (Å²) in [5.41, 5.74) is -0.0308. The van der Waals surface area contributed by atoms with Gasteiger partial charge in [-0.15, -0.1) is 0 Å². The van der Waals surface area contributed by atoms with Gasteiger partial charge in [0.15, 0.2) is 0 Å². The second-order valence-electron chi connectivity index (χ2n) is 4.86. The Labute approximate surface area is 115 Å². The first-order valence-corrected chi connectivity index (χ1v) is 6.77. The van der Waals surface area contributed by atoms with Crippen LogP contribution in [0.1, 0.15) is 12.8 Å². The molecule has 5 heteroatoms. The fourth-order valence-corrected chi connectivity index (χ4v) is 2.67. The quantitative estimate of drug-likeness (QED) is 0.900. The summed E-state index contributed by atoms with van der Waals surface area (Å²) >= 11 is 3.37. The summed E-state index contributed by atoms with van der Waals surface area (Å²) in [7, 11) is 1.96. The molecule has 2 N–H and O–H groups in total. The van der Waals surface area contributed by atoms with E-state index in [1.54, 1.807) is 0 Å². The van der Waals surface area contributed by atoms with Gasteiger partial charge in [0.25, 0.3) is 0 Å². The van der Waals surface area contributed by atoms with Crippen molar-refractivity contribution in [2.75, 3.05) is 25.5 Å². The molecular formula is C13H17BrN2O2. The number of carboxylic acids is 1. The summed E-state index contributed by atoms with van der Waals surface area (Å²) in [5, 5.41) is 12.7. The van der Waals surface area contributed by atoms with E-state index in [1.165, 1.54) is 0 Å². The predicted molar refractivity (Wildman–Crippen MR) is 74.9 cm³/mol. The largest absolute Gasteiger partial charge is 0.479 e. The van der Waals surface area contributed by atoms with E-state index in [1.807, 2.05) is 31.3 Å². The Balaban J connectivity index is 2.20. The van der Waals surface area contributed by atoms with E-state index in [9.17, 15) is 9.90 Å². The van der Waals surface area contributed by atoms with Gasteiger partial charge in [0.1, 0.15) is 5.54 Å². The van der Waals surface area contributed by atoms with Crippen LogP contribution in [0.3, 0.4) is 0 Å². The molecule has 98 valence electrons. The van der Waals surface area contributed by atoms with E-state index in [2.05, 4.69) is 26.1 Å². The van der Waals surface area contributed by atoms with E-state index in [-0.39, 0.29) is 0 Å². The van der Waals surface area contributed by atoms with Gasteiger partial charge in [0, 0.05) is 16.7 Å². The molecule has 1 aromatic carbocycles. The van der Waals surface area contributed by atoms with Crippen molar-refractivity contribution in [3.8, 4) is 0 Å². The summed E-state index contributed by atoms with van der Waals surface area (Å²) in [6.45, 7) is 1.48. The van der Waals surface area contributed by atoms with Crippen LogP contribution in [-0.2, 0) is 4.79 Å². The molecule has 1 saturated heterocycles. The highest BCUT2D eigenvalue weighted by Gasteiger charge is 2.41. The first kappa shape index (κ1) is 13.4. The number of nitrogens with one attached hydrogen (secondary N) is 1. The van der Waals surface area contributed by atoms with Crippen LogP contribution in [-0.4, -0.2) is 41.7 Å². The van der Waals surface area contributed by atoms with Crippen LogP contribution in [0.15, 0.2) is 28.7 Å². The molecule has 1 aliphatic rings. The molecule has 4 nitrogen and oxygen atoms in total. The Morgan fingerprint density at radius 3 is 2.67 bits per heavy atom. The number of carbonyl (C=O) groups is 1. The number of hydrogen-bond acceptors (Lipinski definition) is 3. The number of likely N-dealkylation sites (N-methyl/N-ethyl adjacent to an activating group) is 1. The number of likely N-dealkylation sites (tertiary alicyclic amines) is 1. The Kier molecular flexibility index (Phi) is 3.92. The highest BCUT2D eigenvalue weighted by Crippen LogP contribution is 2.26. The Morgan fingerprint density at radius 2 is 2.11 bits per heavy atom. The van der Waals surface area contributed by atoms with E-state index >= 15 is 0 Å². The second kappa shape index (κ2) is 5.28. The molecule has 1 aromatic rings. The highest BCUT2D eigenvalue weighted by molar-refractivity contribution is 9.10. The molecular weight excluding hydrogens is 296 g/mol. The fraction of sp³-hybridized carbons (Fsp3) is 0.462. The maximum absolute atomic E-state index is 11.6. The van der Waals surface area contributed by atoms with Crippen molar-refractivity contribution in [3.05, 3.63) is 28.7 Å². The molecule has 1 unspecified atom stereocenters. The zero-order chi connectivity index (χ0) is 13.2. The minimum Gasteiger partial charge on any atom is -0.479 e. The molecule has 0 bridgehead atoms. The molecule has 0 saturated carbocycles. The average molecular weight is 313 g/mol. The van der Waals surface area contributed by atoms with Crippen molar-refractivity contribution in [3.63, 3.8) is 0 Å². The number of carboxylic acid groups (broad SMARTS) is 1. The van der Waals surface area contributed by atoms with Gasteiger partial charge in [-0.25, -0.2) is 4.79 Å². The highest BCUT2D eigenvalue weighted by atomic mass is 79.9. The maximum Gasteiger partial charge on any atom is 0.330 e. The number of aliphatic carboxylic acids is 1. The zero-order valence-corrected chi connectivity index (χ0v) is 11.9. The molecule has 1 atom stereocenters. The average Bonchev–Trinajstić information content (AvgIpc) is 2.32. The Morgan fingerprint density at radius 1 is 1.44 bits per heavy atom. The third-order valence-electron chi connectivity index (χ3n) is 3.32. The van der Waals surface area contributed by atoms with Gasteiger partial charge in [-0.2, -0.15) is 0 Å². The topological polar surface area (TPSA) is 52.6 Å². The predicted octanol–water partition coefficient (Wildman–Crippen LogP) is 2.41. The van der Waals surface area contributed by atoms with Crippen LogP contribution in [0.2, 0.25) is 0 Å². The van der Waals surface area contributed by atoms with Gasteiger partial charge in [0.05, 0.1) is 0 Å². The van der Waals surface area contributed by atoms with E-state index < -0.39 is 11.5 Å². The lowest BCUT2D eigenvalue weighted by atomic mass is 9.89. The van der Waals surface area contributed by atoms with Gasteiger partial charge < -0.3 is 15.3 Å². The van der Waals surface area contributed by atoms with Crippen molar-refractivity contribution in [1.82, 2.24) is 4.90 Å². The van der Waals surface area contributed by atoms with Gasteiger partial charge in [0.2, 0.25) is 0 Å². The summed E-state index contributed by atoms with van der Waals surface area (Å²) < 4.78 is 0.984. The van der Waals surface area contributed by atoms with Crippen LogP contribution >= 0.6 is 15.9 Å². The summed E-state index contributed by atoms with van der Waals surface area (Å²) in [4.78, 5) is 13.7. The number of nitrogens with zero attached hydrogens (tertiary/aromatic N) is 1. The molecule has 1 aliphatic heterocycles. The van der Waals surface area contributed by atoms with E-state index in [0.717, 1.165) is 23.1 Å². The van der Waals surface area contributed by atoms with Gasteiger partial charge in [-0.1, -0.05) is 15.9 Å². The lowest BCUT2D eigenvalue weighted by Crippen LogP contribution is -2.57. The number of rotatable bonds is 3. The molecule has 1 fully saturated rings. The molecule has 0 amide bonds. The minimum absolute atomic E-state index is 0.526. The molecule has 1 heterocycles. The SMILES string of the molecule is CN1CCCC(Nc2ccc(Br)cc2)(C(=O)O)C1. The summed E-state index contributed by atoms with van der Waals surface area (Å²) in [6.07, 6.45) is 1.55. The van der Waals surface area contributed by atoms with Crippen molar-refractivity contribution < 1.29 is 9.90 Å². The minimum atomic E-state index is -0.874. The third-order valence-corrected chi connectivity index (χ3v) is 3.85. The number of benzene rings is 1. The normalized spacial score (nSPS) is 24.8. The first-order valence-electron chi connectivity index (χ1n) is 5.97. The van der Waals surface area contributed by atoms with Crippen LogP contribution in [0, 0.1) is 0 Å². The summed E-state index contributed by atoms with van der Waals surface area (Å²) in [5.74, 6) is -0.781. The van der Waals surface area contributed by atoms with Crippen molar-refractivity contribution in [2.45, 2.75) is 18.4 Å². The lowest BCUT2D eigenvalue weighted by molar-refractivity contribution is -0.144. The van der Waals surface area contributed by atoms with Crippen LogP contribution in [0.25, 0.3) is 0 Å². The Hall–Kier alpha value is -1.07. The first-order chi connectivity index (χ1) is 8.52.